The van der Waals surface area contributed by atoms with Gasteiger partial charge in [-0.3, -0.25) is 0 Å². The highest BCUT2D eigenvalue weighted by Gasteiger charge is 2.51. The van der Waals surface area contributed by atoms with Gasteiger partial charge in [-0.2, -0.15) is 0 Å². The van der Waals surface area contributed by atoms with Crippen LogP contribution in [-0.2, 0) is 18.9 Å². The van der Waals surface area contributed by atoms with Crippen molar-refractivity contribution < 1.29 is 75.1 Å². The number of nitrogens with two attached hydrogens (primary N) is 1. The van der Waals surface area contributed by atoms with E-state index >= 15 is 0 Å². The summed E-state index contributed by atoms with van der Waals surface area (Å²) in [6, 6.07) is 0. The molecule has 9 unspecified atom stereocenters. The third-order valence-corrected chi connectivity index (χ3v) is 7.21. The van der Waals surface area contributed by atoms with Crippen LogP contribution in [0.1, 0.15) is 25.7 Å². The largest absolute Gasteiger partial charge is 0.394 e. The Hall–Kier alpha value is -0.680. The minimum atomic E-state index is -1.95. The van der Waals surface area contributed by atoms with E-state index in [-0.39, 0.29) is 6.54 Å². The first-order valence-corrected chi connectivity index (χ1v) is 13.8. The summed E-state index contributed by atoms with van der Waals surface area (Å²) >= 11 is 0. The van der Waals surface area contributed by atoms with Gasteiger partial charge in [0.1, 0.15) is 67.1 Å². The van der Waals surface area contributed by atoms with Gasteiger partial charge >= 0.3 is 0 Å². The first-order valence-electron chi connectivity index (χ1n) is 13.8. The van der Waals surface area contributed by atoms with Gasteiger partial charge < -0.3 is 86.2 Å². The highest BCUT2D eigenvalue weighted by Crippen LogP contribution is 2.30. The van der Waals surface area contributed by atoms with Crippen LogP contribution in [0, 0.1) is 0 Å². The van der Waals surface area contributed by atoms with E-state index in [4.69, 9.17) is 24.7 Å². The van der Waals surface area contributed by atoms with E-state index in [9.17, 15) is 56.2 Å². The molecule has 0 amide bonds. The highest BCUT2D eigenvalue weighted by atomic mass is 16.7. The van der Waals surface area contributed by atoms with Gasteiger partial charge in [-0.15, -0.1) is 0 Å². The van der Waals surface area contributed by atoms with Crippen LogP contribution in [0.2, 0.25) is 0 Å². The Morgan fingerprint density at radius 3 is 1.93 bits per heavy atom. The Kier molecular flexibility index (Phi) is 16.2. The fraction of sp³-hybridized carbons (Fsp3) is 1.00. The molecule has 2 aliphatic rings. The fourth-order valence-corrected chi connectivity index (χ4v) is 4.66. The lowest BCUT2D eigenvalue weighted by Crippen LogP contribution is -2.65. The maximum Gasteiger partial charge on any atom is 0.187 e. The minimum absolute atomic E-state index is 0.0962. The molecule has 0 saturated carbocycles. The zero-order valence-corrected chi connectivity index (χ0v) is 22.8. The number of aliphatic hydroxyl groups is 11. The van der Waals surface area contributed by atoms with Gasteiger partial charge in [-0.05, 0) is 25.9 Å². The van der Waals surface area contributed by atoms with Crippen molar-refractivity contribution in [1.82, 2.24) is 5.32 Å². The summed E-state index contributed by atoms with van der Waals surface area (Å²) in [5, 5.41) is 115. The van der Waals surface area contributed by atoms with Crippen molar-refractivity contribution >= 4 is 0 Å². The summed E-state index contributed by atoms with van der Waals surface area (Å²) in [7, 11) is 0. The van der Waals surface area contributed by atoms with Gasteiger partial charge in [-0.25, -0.2) is 0 Å². The molecule has 41 heavy (non-hydrogen) atoms. The third-order valence-electron chi connectivity index (χ3n) is 7.21. The SMILES string of the molecule is NCCCCCCNC[C@@H](O)C(O)[C@H](OC1OC(CO)C(OC2OC(CO)[C@@H](O)C(O)[C@@H]2O)C(O)[C@@H]1O)C(O)CO. The van der Waals surface area contributed by atoms with E-state index in [1.54, 1.807) is 0 Å². The molecule has 0 spiro atoms. The molecule has 2 fully saturated rings. The molecule has 0 radical (unpaired) electrons. The van der Waals surface area contributed by atoms with Crippen LogP contribution in [0.5, 0.6) is 0 Å². The molecule has 14 atom stereocenters. The van der Waals surface area contributed by atoms with Crippen LogP contribution in [-0.4, -0.2) is 181 Å². The number of rotatable bonds is 18. The van der Waals surface area contributed by atoms with Crippen molar-refractivity contribution in [2.45, 2.75) is 112 Å². The second-order valence-corrected chi connectivity index (χ2v) is 10.3. The Labute approximate surface area is 237 Å². The second-order valence-electron chi connectivity index (χ2n) is 10.3. The normalized spacial score (nSPS) is 37.5. The maximum atomic E-state index is 10.8. The fourth-order valence-electron chi connectivity index (χ4n) is 4.66. The minimum Gasteiger partial charge on any atom is -0.394 e. The third kappa shape index (κ3) is 9.91. The van der Waals surface area contributed by atoms with E-state index in [1.807, 2.05) is 0 Å². The smallest absolute Gasteiger partial charge is 0.187 e. The quantitative estimate of drug-likeness (QED) is 0.0647. The van der Waals surface area contributed by atoms with Crippen LogP contribution < -0.4 is 11.1 Å². The zero-order valence-electron chi connectivity index (χ0n) is 22.8. The van der Waals surface area contributed by atoms with Crippen molar-refractivity contribution in [3.8, 4) is 0 Å². The molecule has 17 heteroatoms. The topological polar surface area (TPSA) is 298 Å². The lowest BCUT2D eigenvalue weighted by atomic mass is 9.96. The van der Waals surface area contributed by atoms with E-state index in [1.165, 1.54) is 0 Å². The summed E-state index contributed by atoms with van der Waals surface area (Å²) in [5.74, 6) is 0. The van der Waals surface area contributed by atoms with Gasteiger partial charge in [0.05, 0.1) is 25.9 Å². The number of nitrogens with one attached hydrogen (secondary N) is 1. The highest BCUT2D eigenvalue weighted by molar-refractivity contribution is 4.95. The molecule has 2 rings (SSSR count). The van der Waals surface area contributed by atoms with Crippen molar-refractivity contribution in [3.05, 3.63) is 0 Å². The summed E-state index contributed by atoms with van der Waals surface area (Å²) in [6.45, 7) is -1.44. The van der Waals surface area contributed by atoms with E-state index in [0.717, 1.165) is 25.7 Å². The van der Waals surface area contributed by atoms with Crippen LogP contribution in [0.3, 0.4) is 0 Å². The monoisotopic (exact) mass is 604 g/mol. The maximum absolute atomic E-state index is 10.8. The van der Waals surface area contributed by atoms with Gasteiger partial charge in [0.25, 0.3) is 0 Å². The molecule has 2 aliphatic heterocycles. The molecular weight excluding hydrogens is 556 g/mol. The molecule has 0 aliphatic carbocycles. The average Bonchev–Trinajstić information content (AvgIpc) is 2.97. The van der Waals surface area contributed by atoms with E-state index in [2.05, 4.69) is 5.32 Å². The number of hydrogen-bond acceptors (Lipinski definition) is 17. The Balaban J connectivity index is 2.03. The molecule has 244 valence electrons. The van der Waals surface area contributed by atoms with Crippen LogP contribution in [0.15, 0.2) is 0 Å². The van der Waals surface area contributed by atoms with Gasteiger partial charge in [-0.1, -0.05) is 12.8 Å². The van der Waals surface area contributed by atoms with Crippen LogP contribution >= 0.6 is 0 Å². The number of hydrogen-bond donors (Lipinski definition) is 13. The number of ether oxygens (including phenoxy) is 4. The molecule has 2 heterocycles. The van der Waals surface area contributed by atoms with Crippen molar-refractivity contribution in [2.75, 3.05) is 39.5 Å². The molecular formula is C24H48N2O15. The molecule has 2 saturated heterocycles. The van der Waals surface area contributed by atoms with Crippen LogP contribution in [0.4, 0.5) is 0 Å². The summed E-state index contributed by atoms with van der Waals surface area (Å²) in [6.07, 6.45) is -20.2. The molecule has 17 nitrogen and oxygen atoms in total. The summed E-state index contributed by atoms with van der Waals surface area (Å²) in [5.41, 5.74) is 5.45. The lowest BCUT2D eigenvalue weighted by molar-refractivity contribution is -0.367. The molecule has 0 aromatic rings. The second kappa shape index (κ2) is 18.2. The molecule has 14 N–H and O–H groups in total. The van der Waals surface area contributed by atoms with Crippen LogP contribution in [0.25, 0.3) is 0 Å². The van der Waals surface area contributed by atoms with E-state index < -0.39 is 106 Å². The van der Waals surface area contributed by atoms with Gasteiger partial charge in [0.15, 0.2) is 12.6 Å². The average molecular weight is 605 g/mol. The summed E-state index contributed by atoms with van der Waals surface area (Å²) < 4.78 is 21.7. The Morgan fingerprint density at radius 1 is 0.707 bits per heavy atom. The predicted octanol–water partition coefficient (Wildman–Crippen LogP) is -6.82. The zero-order chi connectivity index (χ0) is 30.7. The Bertz CT molecular complexity index is 710. The van der Waals surface area contributed by atoms with Gasteiger partial charge in [0, 0.05) is 6.54 Å². The first kappa shape index (κ1) is 36.5. The molecule has 0 bridgehead atoms. The number of unbranched alkanes of at least 4 members (excludes halogenated alkanes) is 3. The van der Waals surface area contributed by atoms with Gasteiger partial charge in [0.2, 0.25) is 0 Å². The first-order chi connectivity index (χ1) is 19.5. The lowest BCUT2D eigenvalue weighted by Gasteiger charge is -2.46. The standard InChI is InChI=1S/C24H48N2O15/c25-5-3-1-2-4-6-26-7-11(30)15(32)21(12(31)8-27)40-24-20(37)18(35)22(14(10-29)39-24)41-23-19(36)17(34)16(33)13(9-28)38-23/h11-24,26-37H,1-10,25H2/t11-,12?,13?,14?,15?,16-,17?,18?,19+,20+,21-,22?,23?,24?/m1/s1. The molecule has 0 aromatic heterocycles. The predicted molar refractivity (Wildman–Crippen MR) is 137 cm³/mol. The number of aliphatic hydroxyl groups excluding tert-OH is 11. The molecule has 0 aromatic carbocycles. The van der Waals surface area contributed by atoms with Crippen molar-refractivity contribution in [2.24, 2.45) is 5.73 Å². The van der Waals surface area contributed by atoms with E-state index in [0.29, 0.717) is 13.1 Å². The Morgan fingerprint density at radius 2 is 1.32 bits per heavy atom. The van der Waals surface area contributed by atoms with Crippen molar-refractivity contribution in [1.29, 1.82) is 0 Å². The summed E-state index contributed by atoms with van der Waals surface area (Å²) in [4.78, 5) is 0. The van der Waals surface area contributed by atoms with Crippen molar-refractivity contribution in [3.63, 3.8) is 0 Å².